The molecule has 3 rings (SSSR count). The van der Waals surface area contributed by atoms with Crippen molar-refractivity contribution < 1.29 is 4.79 Å². The predicted octanol–water partition coefficient (Wildman–Crippen LogP) is 4.42. The minimum atomic E-state index is -0.0944. The molecule has 0 N–H and O–H groups in total. The Morgan fingerprint density at radius 2 is 2.00 bits per heavy atom. The molecule has 0 saturated heterocycles. The van der Waals surface area contributed by atoms with E-state index >= 15 is 0 Å². The summed E-state index contributed by atoms with van der Waals surface area (Å²) in [6.45, 7) is 4.04. The Morgan fingerprint density at radius 1 is 1.21 bits per heavy atom. The van der Waals surface area contributed by atoms with Gasteiger partial charge in [-0.05, 0) is 62.4 Å². The highest BCUT2D eigenvalue weighted by Gasteiger charge is 2.31. The van der Waals surface area contributed by atoms with Gasteiger partial charge in [0.15, 0.2) is 0 Å². The molecule has 0 radical (unpaired) electrons. The summed E-state index contributed by atoms with van der Waals surface area (Å²) in [5.41, 5.74) is 3.83. The first-order valence-corrected chi connectivity index (χ1v) is 8.53. The summed E-state index contributed by atoms with van der Waals surface area (Å²) in [4.78, 5) is 15.2. The minimum absolute atomic E-state index is 0.0422. The zero-order chi connectivity index (χ0) is 17.1. The van der Waals surface area contributed by atoms with Crippen LogP contribution in [-0.4, -0.2) is 11.9 Å². The van der Waals surface area contributed by atoms with E-state index in [0.29, 0.717) is 5.56 Å². The van der Waals surface area contributed by atoms with E-state index in [1.54, 1.807) is 12.1 Å². The highest BCUT2D eigenvalue weighted by atomic mass is 16.2. The minimum Gasteiger partial charge on any atom is -0.309 e. The van der Waals surface area contributed by atoms with Crippen LogP contribution in [0, 0.1) is 11.3 Å². The van der Waals surface area contributed by atoms with E-state index in [4.69, 9.17) is 5.26 Å². The van der Waals surface area contributed by atoms with Crippen LogP contribution < -0.4 is 4.90 Å². The Morgan fingerprint density at radius 3 is 2.75 bits per heavy atom. The second-order valence-electron chi connectivity index (χ2n) is 6.61. The standard InChI is InChI=1S/C21H22N2O/c1-15(2)23(18-10-5-7-16(13-18)14-22)21(24)20-12-6-9-17-8-3-4-11-19(17)20/h3-5,7-8,10-11,13,15,20H,6,9,12H2,1-2H3. The van der Waals surface area contributed by atoms with Gasteiger partial charge in [-0.15, -0.1) is 0 Å². The third-order valence-corrected chi connectivity index (χ3v) is 4.67. The second kappa shape index (κ2) is 6.88. The lowest BCUT2D eigenvalue weighted by atomic mass is 9.82. The molecule has 122 valence electrons. The summed E-state index contributed by atoms with van der Waals surface area (Å²) in [6.07, 6.45) is 2.97. The van der Waals surface area contributed by atoms with Crippen molar-refractivity contribution >= 4 is 11.6 Å². The molecule has 1 aliphatic rings. The third-order valence-electron chi connectivity index (χ3n) is 4.67. The molecule has 2 aromatic rings. The number of carbonyl (C=O) groups is 1. The van der Waals surface area contributed by atoms with E-state index < -0.39 is 0 Å². The van der Waals surface area contributed by atoms with E-state index in [1.165, 1.54) is 5.56 Å². The van der Waals surface area contributed by atoms with Gasteiger partial charge in [0, 0.05) is 11.7 Å². The number of nitriles is 1. The molecule has 1 amide bonds. The monoisotopic (exact) mass is 318 g/mol. The molecule has 0 saturated carbocycles. The van der Waals surface area contributed by atoms with E-state index in [2.05, 4.69) is 18.2 Å². The van der Waals surface area contributed by atoms with Gasteiger partial charge in [0.2, 0.25) is 5.91 Å². The summed E-state index contributed by atoms with van der Waals surface area (Å²) in [5.74, 6) is 0.0373. The highest BCUT2D eigenvalue weighted by Crippen LogP contribution is 2.34. The van der Waals surface area contributed by atoms with Crippen molar-refractivity contribution in [2.24, 2.45) is 0 Å². The van der Waals surface area contributed by atoms with Crippen LogP contribution in [0.25, 0.3) is 0 Å². The van der Waals surface area contributed by atoms with Gasteiger partial charge < -0.3 is 4.90 Å². The van der Waals surface area contributed by atoms with Gasteiger partial charge in [0.05, 0.1) is 17.6 Å². The number of nitrogens with zero attached hydrogens (tertiary/aromatic N) is 2. The number of fused-ring (bicyclic) bond motifs is 1. The van der Waals surface area contributed by atoms with Crippen molar-refractivity contribution in [3.8, 4) is 6.07 Å². The molecule has 0 spiro atoms. The molecule has 24 heavy (non-hydrogen) atoms. The smallest absolute Gasteiger partial charge is 0.234 e. The summed E-state index contributed by atoms with van der Waals surface area (Å²) in [5, 5.41) is 9.15. The van der Waals surface area contributed by atoms with Gasteiger partial charge in [0.1, 0.15) is 0 Å². The second-order valence-corrected chi connectivity index (χ2v) is 6.61. The third kappa shape index (κ3) is 3.05. The van der Waals surface area contributed by atoms with E-state index in [1.807, 2.05) is 43.0 Å². The van der Waals surface area contributed by atoms with Crippen molar-refractivity contribution in [2.75, 3.05) is 4.90 Å². The van der Waals surface area contributed by atoms with Gasteiger partial charge in [0.25, 0.3) is 0 Å². The molecular formula is C21H22N2O. The van der Waals surface area contributed by atoms with Crippen LogP contribution in [0.4, 0.5) is 5.69 Å². The Labute approximate surface area is 143 Å². The van der Waals surface area contributed by atoms with E-state index in [0.717, 1.165) is 30.5 Å². The van der Waals surface area contributed by atoms with Crippen molar-refractivity contribution in [1.29, 1.82) is 5.26 Å². The summed E-state index contributed by atoms with van der Waals surface area (Å²) < 4.78 is 0. The molecule has 0 heterocycles. The van der Waals surface area contributed by atoms with Gasteiger partial charge in [-0.1, -0.05) is 30.3 Å². The van der Waals surface area contributed by atoms with Gasteiger partial charge >= 0.3 is 0 Å². The molecular weight excluding hydrogens is 296 g/mol. The number of anilines is 1. The topological polar surface area (TPSA) is 44.1 Å². The van der Waals surface area contributed by atoms with Crippen LogP contribution in [0.2, 0.25) is 0 Å². The van der Waals surface area contributed by atoms with Crippen LogP contribution in [0.1, 0.15) is 49.3 Å². The predicted molar refractivity (Wildman–Crippen MR) is 95.9 cm³/mol. The number of benzene rings is 2. The maximum atomic E-state index is 13.3. The quantitative estimate of drug-likeness (QED) is 0.841. The number of amides is 1. The molecule has 0 fully saturated rings. The molecule has 3 heteroatoms. The van der Waals surface area contributed by atoms with Gasteiger partial charge in [-0.2, -0.15) is 5.26 Å². The molecule has 3 nitrogen and oxygen atoms in total. The maximum absolute atomic E-state index is 13.3. The fourth-order valence-corrected chi connectivity index (χ4v) is 3.58. The first kappa shape index (κ1) is 16.3. The van der Waals surface area contributed by atoms with Crippen LogP contribution in [0.3, 0.4) is 0 Å². The lowest BCUT2D eigenvalue weighted by molar-refractivity contribution is -0.120. The number of hydrogen-bond acceptors (Lipinski definition) is 2. The summed E-state index contributed by atoms with van der Waals surface area (Å²) in [6, 6.07) is 17.8. The zero-order valence-corrected chi connectivity index (χ0v) is 14.2. The Hall–Kier alpha value is -2.60. The van der Waals surface area contributed by atoms with Crippen LogP contribution in [0.5, 0.6) is 0 Å². The number of carbonyl (C=O) groups excluding carboxylic acids is 1. The maximum Gasteiger partial charge on any atom is 0.234 e. The molecule has 2 aromatic carbocycles. The van der Waals surface area contributed by atoms with Crippen molar-refractivity contribution in [1.82, 2.24) is 0 Å². The SMILES string of the molecule is CC(C)N(C(=O)C1CCCc2ccccc21)c1cccc(C#N)c1. The first-order chi connectivity index (χ1) is 11.6. The van der Waals surface area contributed by atoms with E-state index in [9.17, 15) is 4.79 Å². The summed E-state index contributed by atoms with van der Waals surface area (Å²) in [7, 11) is 0. The van der Waals surface area contributed by atoms with Crippen LogP contribution in [0.15, 0.2) is 48.5 Å². The lowest BCUT2D eigenvalue weighted by Gasteiger charge is -2.33. The van der Waals surface area contributed by atoms with Crippen molar-refractivity contribution in [3.05, 3.63) is 65.2 Å². The van der Waals surface area contributed by atoms with Crippen molar-refractivity contribution in [3.63, 3.8) is 0 Å². The number of hydrogen-bond donors (Lipinski definition) is 0. The summed E-state index contributed by atoms with van der Waals surface area (Å²) >= 11 is 0. The fraction of sp³-hybridized carbons (Fsp3) is 0.333. The van der Waals surface area contributed by atoms with E-state index in [-0.39, 0.29) is 17.9 Å². The normalized spacial score (nSPS) is 16.3. The number of aryl methyl sites for hydroxylation is 1. The van der Waals surface area contributed by atoms with Crippen molar-refractivity contribution in [2.45, 2.75) is 45.1 Å². The highest BCUT2D eigenvalue weighted by molar-refractivity contribution is 5.99. The largest absolute Gasteiger partial charge is 0.309 e. The van der Waals surface area contributed by atoms with Gasteiger partial charge in [-0.3, -0.25) is 4.79 Å². The molecule has 1 unspecified atom stereocenters. The van der Waals surface area contributed by atoms with Gasteiger partial charge in [-0.25, -0.2) is 0 Å². The van der Waals surface area contributed by atoms with Crippen LogP contribution >= 0.6 is 0 Å². The first-order valence-electron chi connectivity index (χ1n) is 8.53. The molecule has 1 aliphatic carbocycles. The average Bonchev–Trinajstić information content (AvgIpc) is 2.61. The number of rotatable bonds is 3. The molecule has 0 aliphatic heterocycles. The Balaban J connectivity index is 1.98. The molecule has 0 bridgehead atoms. The fourth-order valence-electron chi connectivity index (χ4n) is 3.58. The average molecular weight is 318 g/mol. The van der Waals surface area contributed by atoms with Crippen LogP contribution in [-0.2, 0) is 11.2 Å². The molecule has 1 atom stereocenters. The zero-order valence-electron chi connectivity index (χ0n) is 14.2. The molecule has 0 aromatic heterocycles. The Kier molecular flexibility index (Phi) is 4.66. The Bertz CT molecular complexity index is 788. The lowest BCUT2D eigenvalue weighted by Crippen LogP contribution is -2.41.